The van der Waals surface area contributed by atoms with E-state index in [4.69, 9.17) is 4.52 Å². The molecule has 0 atom stereocenters. The molecule has 0 spiro atoms. The molecule has 0 aliphatic heterocycles. The van der Waals surface area contributed by atoms with Gasteiger partial charge in [-0.2, -0.15) is 4.31 Å². The van der Waals surface area contributed by atoms with Crippen molar-refractivity contribution in [3.63, 3.8) is 0 Å². The summed E-state index contributed by atoms with van der Waals surface area (Å²) in [4.78, 5) is 13.9. The lowest BCUT2D eigenvalue weighted by molar-refractivity contribution is 0.219. The van der Waals surface area contributed by atoms with Crippen LogP contribution in [0.25, 0.3) is 0 Å². The third-order valence-corrected chi connectivity index (χ3v) is 5.94. The minimum atomic E-state index is -3.51. The third-order valence-electron chi connectivity index (χ3n) is 3.87. The van der Waals surface area contributed by atoms with Crippen molar-refractivity contribution >= 4 is 21.7 Å². The molecule has 1 aromatic heterocycles. The summed E-state index contributed by atoms with van der Waals surface area (Å²) >= 11 is 0. The van der Waals surface area contributed by atoms with Gasteiger partial charge >= 0.3 is 6.03 Å². The van der Waals surface area contributed by atoms with Crippen molar-refractivity contribution in [2.24, 2.45) is 0 Å². The topological polar surface area (TPSA) is 95.8 Å². The molecule has 0 aliphatic rings. The molecule has 1 heterocycles. The van der Waals surface area contributed by atoms with E-state index in [2.05, 4.69) is 10.5 Å². The van der Waals surface area contributed by atoms with Crippen LogP contribution in [-0.2, 0) is 16.6 Å². The standard InChI is InChI=1S/C17H24N4O4S/c1-5-21(6-2)26(23,24)16-9-7-14(8-10-16)18-17(22)20(4)12-15-11-13(3)25-19-15/h7-11H,5-6,12H2,1-4H3,(H,18,22). The SMILES string of the molecule is CCN(CC)S(=O)(=O)c1ccc(NC(=O)N(C)Cc2cc(C)on2)cc1. The van der Waals surface area contributed by atoms with Crippen molar-refractivity contribution in [3.05, 3.63) is 41.8 Å². The molecule has 1 aromatic carbocycles. The minimum Gasteiger partial charge on any atom is -0.361 e. The second kappa shape index (κ2) is 8.33. The quantitative estimate of drug-likeness (QED) is 0.797. The van der Waals surface area contributed by atoms with E-state index in [-0.39, 0.29) is 10.9 Å². The molecule has 8 nitrogen and oxygen atoms in total. The summed E-state index contributed by atoms with van der Waals surface area (Å²) in [5.41, 5.74) is 1.16. The number of carbonyl (C=O) groups is 1. The number of urea groups is 1. The van der Waals surface area contributed by atoms with Crippen LogP contribution in [0.2, 0.25) is 0 Å². The Balaban J connectivity index is 2.03. The fourth-order valence-electron chi connectivity index (χ4n) is 2.45. The van der Waals surface area contributed by atoms with Crippen LogP contribution in [0.1, 0.15) is 25.3 Å². The number of hydrogen-bond acceptors (Lipinski definition) is 5. The number of benzene rings is 1. The second-order valence-electron chi connectivity index (χ2n) is 5.83. The van der Waals surface area contributed by atoms with Crippen LogP contribution in [0, 0.1) is 6.92 Å². The van der Waals surface area contributed by atoms with Crippen LogP contribution in [0.5, 0.6) is 0 Å². The zero-order valence-corrected chi connectivity index (χ0v) is 16.2. The number of aryl methyl sites for hydroxylation is 1. The van der Waals surface area contributed by atoms with Gasteiger partial charge in [0.1, 0.15) is 11.5 Å². The number of hydrogen-bond donors (Lipinski definition) is 1. The van der Waals surface area contributed by atoms with Gasteiger partial charge in [-0.1, -0.05) is 19.0 Å². The predicted octanol–water partition coefficient (Wildman–Crippen LogP) is 2.68. The van der Waals surface area contributed by atoms with Crippen molar-refractivity contribution in [1.29, 1.82) is 0 Å². The van der Waals surface area contributed by atoms with Crippen LogP contribution < -0.4 is 5.32 Å². The predicted molar refractivity (Wildman–Crippen MR) is 98.3 cm³/mol. The van der Waals surface area contributed by atoms with Gasteiger partial charge in [-0.3, -0.25) is 0 Å². The van der Waals surface area contributed by atoms with Gasteiger partial charge in [-0.15, -0.1) is 0 Å². The number of carbonyl (C=O) groups excluding carboxylic acids is 1. The van der Waals surface area contributed by atoms with Gasteiger partial charge in [0.15, 0.2) is 0 Å². The molecular weight excluding hydrogens is 356 g/mol. The Bertz CT molecular complexity index is 842. The molecule has 0 radical (unpaired) electrons. The molecular formula is C17H24N4O4S. The summed E-state index contributed by atoms with van der Waals surface area (Å²) < 4.78 is 31.3. The highest BCUT2D eigenvalue weighted by Gasteiger charge is 2.21. The number of nitrogens with one attached hydrogen (secondary N) is 1. The van der Waals surface area contributed by atoms with E-state index in [1.165, 1.54) is 21.3 Å². The number of anilines is 1. The molecule has 26 heavy (non-hydrogen) atoms. The van der Waals surface area contributed by atoms with E-state index >= 15 is 0 Å². The Kier molecular flexibility index (Phi) is 6.38. The average molecular weight is 380 g/mol. The lowest BCUT2D eigenvalue weighted by atomic mass is 10.3. The van der Waals surface area contributed by atoms with Gasteiger partial charge in [-0.05, 0) is 31.2 Å². The largest absolute Gasteiger partial charge is 0.361 e. The zero-order chi connectivity index (χ0) is 19.3. The highest BCUT2D eigenvalue weighted by Crippen LogP contribution is 2.18. The van der Waals surface area contributed by atoms with Crippen molar-refractivity contribution in [2.75, 3.05) is 25.5 Å². The van der Waals surface area contributed by atoms with Gasteiger partial charge in [0.05, 0.1) is 11.4 Å². The van der Waals surface area contributed by atoms with Gasteiger partial charge < -0.3 is 14.7 Å². The maximum absolute atomic E-state index is 12.5. The van der Waals surface area contributed by atoms with Crippen LogP contribution in [0.4, 0.5) is 10.5 Å². The number of rotatable bonds is 7. The van der Waals surface area contributed by atoms with E-state index in [1.807, 2.05) is 0 Å². The molecule has 9 heteroatoms. The van der Waals surface area contributed by atoms with Crippen LogP contribution >= 0.6 is 0 Å². The molecule has 0 fully saturated rings. The molecule has 0 aliphatic carbocycles. The maximum Gasteiger partial charge on any atom is 0.321 e. The highest BCUT2D eigenvalue weighted by molar-refractivity contribution is 7.89. The summed E-state index contributed by atoms with van der Waals surface area (Å²) in [6.07, 6.45) is 0. The normalized spacial score (nSPS) is 11.6. The first-order valence-electron chi connectivity index (χ1n) is 8.32. The maximum atomic E-state index is 12.5. The van der Waals surface area contributed by atoms with Crippen LogP contribution in [0.3, 0.4) is 0 Å². The van der Waals surface area contributed by atoms with Crippen molar-refractivity contribution in [1.82, 2.24) is 14.4 Å². The van der Waals surface area contributed by atoms with Gasteiger partial charge in [0, 0.05) is 31.9 Å². The van der Waals surface area contributed by atoms with Crippen LogP contribution in [0.15, 0.2) is 39.8 Å². The van der Waals surface area contributed by atoms with E-state index in [0.29, 0.717) is 36.8 Å². The lowest BCUT2D eigenvalue weighted by Crippen LogP contribution is -2.31. The summed E-state index contributed by atoms with van der Waals surface area (Å²) in [5, 5.41) is 6.57. The first-order chi connectivity index (χ1) is 12.3. The summed E-state index contributed by atoms with van der Waals surface area (Å²) in [5.74, 6) is 0.679. The smallest absolute Gasteiger partial charge is 0.321 e. The van der Waals surface area contributed by atoms with E-state index < -0.39 is 10.0 Å². The third kappa shape index (κ3) is 4.61. The Morgan fingerprint density at radius 1 is 1.19 bits per heavy atom. The molecule has 0 bridgehead atoms. The molecule has 2 rings (SSSR count). The fourth-order valence-corrected chi connectivity index (χ4v) is 3.91. The Morgan fingerprint density at radius 2 is 1.81 bits per heavy atom. The van der Waals surface area contributed by atoms with Gasteiger partial charge in [0.25, 0.3) is 0 Å². The Morgan fingerprint density at radius 3 is 2.31 bits per heavy atom. The molecule has 0 saturated heterocycles. The Labute approximate surface area is 153 Å². The number of sulfonamides is 1. The zero-order valence-electron chi connectivity index (χ0n) is 15.4. The molecule has 142 valence electrons. The van der Waals surface area contributed by atoms with Crippen molar-refractivity contribution in [3.8, 4) is 0 Å². The summed E-state index contributed by atoms with van der Waals surface area (Å²) in [6, 6.07) is 7.56. The number of aromatic nitrogens is 1. The minimum absolute atomic E-state index is 0.200. The summed E-state index contributed by atoms with van der Waals surface area (Å²) in [6.45, 7) is 6.49. The van der Waals surface area contributed by atoms with E-state index in [1.54, 1.807) is 46.0 Å². The molecule has 2 amide bonds. The van der Waals surface area contributed by atoms with Crippen molar-refractivity contribution < 1.29 is 17.7 Å². The van der Waals surface area contributed by atoms with Gasteiger partial charge in [-0.25, -0.2) is 13.2 Å². The highest BCUT2D eigenvalue weighted by atomic mass is 32.2. The fraction of sp³-hybridized carbons (Fsp3) is 0.412. The molecule has 2 aromatic rings. The average Bonchev–Trinajstić information content (AvgIpc) is 3.01. The van der Waals surface area contributed by atoms with E-state index in [0.717, 1.165) is 0 Å². The van der Waals surface area contributed by atoms with Crippen molar-refractivity contribution in [2.45, 2.75) is 32.2 Å². The van der Waals surface area contributed by atoms with Crippen LogP contribution in [-0.4, -0.2) is 48.9 Å². The molecule has 0 saturated carbocycles. The summed E-state index contributed by atoms with van der Waals surface area (Å²) in [7, 11) is -1.87. The monoisotopic (exact) mass is 380 g/mol. The van der Waals surface area contributed by atoms with E-state index in [9.17, 15) is 13.2 Å². The lowest BCUT2D eigenvalue weighted by Gasteiger charge is -2.19. The molecule has 0 unspecified atom stereocenters. The first kappa shape index (κ1) is 19.9. The first-order valence-corrected chi connectivity index (χ1v) is 9.76. The second-order valence-corrected chi connectivity index (χ2v) is 7.77. The Hall–Kier alpha value is -2.39. The molecule has 1 N–H and O–H groups in total. The number of nitrogens with zero attached hydrogens (tertiary/aromatic N) is 3. The number of amides is 2. The van der Waals surface area contributed by atoms with Gasteiger partial charge in [0.2, 0.25) is 10.0 Å².